The van der Waals surface area contributed by atoms with Crippen LogP contribution in [0.2, 0.25) is 0 Å². The fourth-order valence-corrected chi connectivity index (χ4v) is 1.26. The molecule has 100 valence electrons. The number of ether oxygens (including phenoxy) is 3. The highest BCUT2D eigenvalue weighted by molar-refractivity contribution is 5.94. The number of nitrogens with one attached hydrogen (secondary N) is 1. The Kier molecular flexibility index (Phi) is 5.96. The minimum atomic E-state index is -0.272. The Labute approximate surface area is 106 Å². The minimum absolute atomic E-state index is 0.0417. The van der Waals surface area contributed by atoms with E-state index in [1.54, 1.807) is 32.4 Å². The van der Waals surface area contributed by atoms with Gasteiger partial charge in [0, 0.05) is 13.2 Å². The molecule has 1 aromatic carbocycles. The summed E-state index contributed by atoms with van der Waals surface area (Å²) in [5.74, 6) is 0.353. The molecule has 3 N–H and O–H groups in total. The highest BCUT2D eigenvalue weighted by Gasteiger charge is 2.06. The second kappa shape index (κ2) is 7.52. The van der Waals surface area contributed by atoms with Crippen molar-refractivity contribution in [3.8, 4) is 5.75 Å². The van der Waals surface area contributed by atoms with E-state index >= 15 is 0 Å². The third-order valence-electron chi connectivity index (χ3n) is 2.20. The molecule has 18 heavy (non-hydrogen) atoms. The van der Waals surface area contributed by atoms with E-state index < -0.39 is 0 Å². The van der Waals surface area contributed by atoms with Crippen LogP contribution >= 0.6 is 0 Å². The Morgan fingerprint density at radius 3 is 2.78 bits per heavy atom. The third-order valence-corrected chi connectivity index (χ3v) is 2.20. The highest BCUT2D eigenvalue weighted by Crippen LogP contribution is 2.24. The van der Waals surface area contributed by atoms with Crippen molar-refractivity contribution in [1.82, 2.24) is 0 Å². The lowest BCUT2D eigenvalue weighted by Crippen LogP contribution is -2.20. The zero-order chi connectivity index (χ0) is 13.4. The van der Waals surface area contributed by atoms with Crippen LogP contribution in [0.4, 0.5) is 11.4 Å². The van der Waals surface area contributed by atoms with Crippen molar-refractivity contribution in [2.45, 2.75) is 0 Å². The number of methoxy groups -OCH3 is 2. The summed E-state index contributed by atoms with van der Waals surface area (Å²) in [4.78, 5) is 11.6. The van der Waals surface area contributed by atoms with Gasteiger partial charge in [-0.1, -0.05) is 0 Å². The van der Waals surface area contributed by atoms with Crippen LogP contribution in [0.25, 0.3) is 0 Å². The molecule has 0 spiro atoms. The van der Waals surface area contributed by atoms with Gasteiger partial charge in [0.1, 0.15) is 12.4 Å². The fraction of sp³-hybridized carbons (Fsp3) is 0.417. The molecule has 0 aliphatic carbocycles. The smallest absolute Gasteiger partial charge is 0.250 e. The van der Waals surface area contributed by atoms with Crippen LogP contribution in [-0.2, 0) is 14.3 Å². The number of nitrogen functional groups attached to an aromatic ring is 1. The van der Waals surface area contributed by atoms with E-state index in [-0.39, 0.29) is 12.5 Å². The Balaban J connectivity index is 2.48. The lowest BCUT2D eigenvalue weighted by atomic mass is 10.2. The van der Waals surface area contributed by atoms with Crippen LogP contribution in [0, 0.1) is 0 Å². The molecular weight excluding hydrogens is 236 g/mol. The van der Waals surface area contributed by atoms with Crippen molar-refractivity contribution in [3.05, 3.63) is 18.2 Å². The maximum atomic E-state index is 11.6. The summed E-state index contributed by atoms with van der Waals surface area (Å²) in [6.07, 6.45) is 0. The highest BCUT2D eigenvalue weighted by atomic mass is 16.5. The maximum Gasteiger partial charge on any atom is 0.250 e. The molecule has 0 aliphatic rings. The maximum absolute atomic E-state index is 11.6. The second-order valence-corrected chi connectivity index (χ2v) is 3.55. The summed E-state index contributed by atoms with van der Waals surface area (Å²) in [6.45, 7) is 0.784. The molecule has 0 fully saturated rings. The van der Waals surface area contributed by atoms with Crippen LogP contribution < -0.4 is 15.8 Å². The topological polar surface area (TPSA) is 82.8 Å². The summed E-state index contributed by atoms with van der Waals surface area (Å²) >= 11 is 0. The van der Waals surface area contributed by atoms with Crippen molar-refractivity contribution in [2.24, 2.45) is 0 Å². The second-order valence-electron chi connectivity index (χ2n) is 3.55. The standard InChI is InChI=1S/C12H18N2O4/c1-16-5-6-18-8-12(15)14-11-7-9(17-2)3-4-10(11)13/h3-4,7H,5-6,8,13H2,1-2H3,(H,14,15). The van der Waals surface area contributed by atoms with E-state index in [1.165, 1.54) is 0 Å². The van der Waals surface area contributed by atoms with Gasteiger partial charge < -0.3 is 25.3 Å². The summed E-state index contributed by atoms with van der Waals surface area (Å²) in [5.41, 5.74) is 6.72. The van der Waals surface area contributed by atoms with Crippen LogP contribution in [0.3, 0.4) is 0 Å². The van der Waals surface area contributed by atoms with E-state index in [4.69, 9.17) is 19.9 Å². The van der Waals surface area contributed by atoms with Crippen LogP contribution in [0.15, 0.2) is 18.2 Å². The summed E-state index contributed by atoms with van der Waals surface area (Å²) < 4.78 is 14.9. The average Bonchev–Trinajstić information content (AvgIpc) is 2.37. The number of nitrogens with two attached hydrogens (primary N) is 1. The van der Waals surface area contributed by atoms with Gasteiger partial charge in [0.25, 0.3) is 0 Å². The zero-order valence-electron chi connectivity index (χ0n) is 10.6. The molecule has 0 aromatic heterocycles. The molecule has 1 rings (SSSR count). The van der Waals surface area contributed by atoms with E-state index in [1.807, 2.05) is 0 Å². The molecular formula is C12H18N2O4. The van der Waals surface area contributed by atoms with Gasteiger partial charge in [-0.2, -0.15) is 0 Å². The van der Waals surface area contributed by atoms with Gasteiger partial charge in [-0.05, 0) is 12.1 Å². The van der Waals surface area contributed by atoms with Crippen LogP contribution in [-0.4, -0.2) is 39.9 Å². The molecule has 6 heteroatoms. The Bertz CT molecular complexity index is 396. The quantitative estimate of drug-likeness (QED) is 0.557. The minimum Gasteiger partial charge on any atom is -0.497 e. The van der Waals surface area contributed by atoms with Gasteiger partial charge in [0.15, 0.2) is 0 Å². The van der Waals surface area contributed by atoms with Gasteiger partial charge in [0.2, 0.25) is 5.91 Å². The molecule has 0 heterocycles. The summed E-state index contributed by atoms with van der Waals surface area (Å²) in [6, 6.07) is 5.04. The molecule has 0 bridgehead atoms. The summed E-state index contributed by atoms with van der Waals surface area (Å²) in [5, 5.41) is 2.65. The van der Waals surface area contributed by atoms with Crippen LogP contribution in [0.1, 0.15) is 0 Å². The number of carbonyl (C=O) groups excluding carboxylic acids is 1. The molecule has 0 saturated heterocycles. The third kappa shape index (κ3) is 4.60. The van der Waals surface area contributed by atoms with E-state index in [0.29, 0.717) is 30.3 Å². The first-order valence-corrected chi connectivity index (χ1v) is 5.47. The summed E-state index contributed by atoms with van der Waals surface area (Å²) in [7, 11) is 3.12. The van der Waals surface area contributed by atoms with Crippen LogP contribution in [0.5, 0.6) is 5.75 Å². The van der Waals surface area contributed by atoms with Gasteiger partial charge in [0.05, 0.1) is 31.7 Å². The van der Waals surface area contributed by atoms with Crippen molar-refractivity contribution >= 4 is 17.3 Å². The number of rotatable bonds is 7. The van der Waals surface area contributed by atoms with Gasteiger partial charge in [-0.3, -0.25) is 4.79 Å². The SMILES string of the molecule is COCCOCC(=O)Nc1cc(OC)ccc1N. The average molecular weight is 254 g/mol. The Morgan fingerprint density at radius 1 is 1.33 bits per heavy atom. The Morgan fingerprint density at radius 2 is 2.11 bits per heavy atom. The Hall–Kier alpha value is -1.79. The number of anilines is 2. The van der Waals surface area contributed by atoms with E-state index in [9.17, 15) is 4.79 Å². The zero-order valence-corrected chi connectivity index (χ0v) is 10.6. The van der Waals surface area contributed by atoms with E-state index in [0.717, 1.165) is 0 Å². The van der Waals surface area contributed by atoms with E-state index in [2.05, 4.69) is 5.32 Å². The molecule has 0 unspecified atom stereocenters. The van der Waals surface area contributed by atoms with Crippen molar-refractivity contribution in [3.63, 3.8) is 0 Å². The monoisotopic (exact) mass is 254 g/mol. The molecule has 0 aliphatic heterocycles. The number of amides is 1. The number of hydrogen-bond acceptors (Lipinski definition) is 5. The molecule has 0 atom stereocenters. The molecule has 0 radical (unpaired) electrons. The fourth-order valence-electron chi connectivity index (χ4n) is 1.26. The first-order valence-electron chi connectivity index (χ1n) is 5.47. The van der Waals surface area contributed by atoms with Gasteiger partial charge in [-0.25, -0.2) is 0 Å². The lowest BCUT2D eigenvalue weighted by Gasteiger charge is -2.10. The molecule has 1 amide bonds. The lowest BCUT2D eigenvalue weighted by molar-refractivity contribution is -0.121. The molecule has 0 saturated carbocycles. The first-order chi connectivity index (χ1) is 8.67. The first kappa shape index (κ1) is 14.3. The van der Waals surface area contributed by atoms with Gasteiger partial charge in [-0.15, -0.1) is 0 Å². The molecule has 6 nitrogen and oxygen atoms in total. The number of hydrogen-bond donors (Lipinski definition) is 2. The largest absolute Gasteiger partial charge is 0.497 e. The predicted octanol–water partition coefficient (Wildman–Crippen LogP) is 0.879. The normalized spacial score (nSPS) is 10.1. The van der Waals surface area contributed by atoms with Crippen molar-refractivity contribution < 1.29 is 19.0 Å². The predicted molar refractivity (Wildman–Crippen MR) is 68.7 cm³/mol. The number of carbonyl (C=O) groups is 1. The van der Waals surface area contributed by atoms with Crippen molar-refractivity contribution in [1.29, 1.82) is 0 Å². The molecule has 1 aromatic rings. The van der Waals surface area contributed by atoms with Crippen molar-refractivity contribution in [2.75, 3.05) is 45.1 Å². The number of benzene rings is 1. The van der Waals surface area contributed by atoms with Gasteiger partial charge >= 0.3 is 0 Å².